The zero-order chi connectivity index (χ0) is 24.7. The molecule has 0 fully saturated rings. The molecule has 2 heterocycles. The molecule has 0 unspecified atom stereocenters. The lowest BCUT2D eigenvalue weighted by atomic mass is 10.2. The van der Waals surface area contributed by atoms with Crippen LogP contribution in [0.5, 0.6) is 17.4 Å². The van der Waals surface area contributed by atoms with Gasteiger partial charge in [-0.05, 0) is 48.9 Å². The molecular formula is C24H27N5O5S. The van der Waals surface area contributed by atoms with E-state index >= 15 is 0 Å². The number of ether oxygens (including phenoxy) is 3. The molecule has 0 radical (unpaired) electrons. The lowest BCUT2D eigenvalue weighted by Gasteiger charge is -2.10. The number of fused-ring (bicyclic) bond motifs is 1. The van der Waals surface area contributed by atoms with E-state index in [1.54, 1.807) is 35.9 Å². The maximum atomic E-state index is 12.6. The van der Waals surface area contributed by atoms with Crippen LogP contribution >= 0.6 is 0 Å². The van der Waals surface area contributed by atoms with Crippen LogP contribution < -0.4 is 18.9 Å². The van der Waals surface area contributed by atoms with Crippen molar-refractivity contribution in [3.8, 4) is 28.8 Å². The van der Waals surface area contributed by atoms with Crippen LogP contribution in [-0.4, -0.2) is 55.1 Å². The van der Waals surface area contributed by atoms with Crippen molar-refractivity contribution in [3.05, 3.63) is 60.7 Å². The maximum absolute atomic E-state index is 12.6. The van der Waals surface area contributed by atoms with Crippen LogP contribution in [0.3, 0.4) is 0 Å². The third-order valence-electron chi connectivity index (χ3n) is 5.11. The van der Waals surface area contributed by atoms with E-state index in [1.165, 1.54) is 12.1 Å². The fourth-order valence-electron chi connectivity index (χ4n) is 3.26. The van der Waals surface area contributed by atoms with Crippen molar-refractivity contribution in [1.82, 2.24) is 24.5 Å². The summed E-state index contributed by atoms with van der Waals surface area (Å²) in [7, 11) is -2.08. The summed E-state index contributed by atoms with van der Waals surface area (Å²) in [5.41, 5.74) is 1.34. The number of aromatic nitrogens is 4. The lowest BCUT2D eigenvalue weighted by Crippen LogP contribution is -2.28. The molecule has 4 rings (SSSR count). The fraction of sp³-hybridized carbons (Fsp3) is 0.292. The first kappa shape index (κ1) is 24.4. The van der Waals surface area contributed by atoms with Crippen molar-refractivity contribution >= 4 is 15.7 Å². The Labute approximate surface area is 203 Å². The topological polar surface area (TPSA) is 117 Å². The normalized spacial score (nSPS) is 11.5. The maximum Gasteiger partial charge on any atom is 0.240 e. The average molecular weight is 498 g/mol. The number of hydrogen-bond acceptors (Lipinski definition) is 8. The summed E-state index contributed by atoms with van der Waals surface area (Å²) in [5.74, 6) is 2.18. The molecule has 0 amide bonds. The van der Waals surface area contributed by atoms with Crippen LogP contribution in [0.4, 0.5) is 0 Å². The van der Waals surface area contributed by atoms with E-state index < -0.39 is 10.0 Å². The van der Waals surface area contributed by atoms with Gasteiger partial charge in [0.1, 0.15) is 18.1 Å². The second kappa shape index (κ2) is 11.2. The van der Waals surface area contributed by atoms with Crippen LogP contribution in [0.1, 0.15) is 19.8 Å². The first-order chi connectivity index (χ1) is 17.0. The Morgan fingerprint density at radius 2 is 1.77 bits per heavy atom. The van der Waals surface area contributed by atoms with Crippen LogP contribution in [-0.2, 0) is 10.0 Å². The lowest BCUT2D eigenvalue weighted by molar-refractivity contribution is 0.305. The molecule has 0 saturated carbocycles. The molecule has 11 heteroatoms. The predicted molar refractivity (Wildman–Crippen MR) is 130 cm³/mol. The number of nitrogens with zero attached hydrogens (tertiary/aromatic N) is 4. The summed E-state index contributed by atoms with van der Waals surface area (Å²) < 4.78 is 45.7. The highest BCUT2D eigenvalue weighted by molar-refractivity contribution is 7.89. The highest BCUT2D eigenvalue weighted by Crippen LogP contribution is 2.23. The van der Waals surface area contributed by atoms with Crippen LogP contribution in [0, 0.1) is 0 Å². The van der Waals surface area contributed by atoms with Gasteiger partial charge in [-0.2, -0.15) is 4.52 Å². The van der Waals surface area contributed by atoms with Crippen molar-refractivity contribution in [3.63, 3.8) is 0 Å². The minimum absolute atomic E-state index is 0.0712. The molecule has 0 aliphatic rings. The van der Waals surface area contributed by atoms with E-state index in [0.717, 1.165) is 18.4 Å². The number of nitrogens with one attached hydrogen (secondary N) is 1. The largest absolute Gasteiger partial charge is 0.497 e. The van der Waals surface area contributed by atoms with E-state index in [9.17, 15) is 8.42 Å². The minimum Gasteiger partial charge on any atom is -0.497 e. The second-order valence-electron chi connectivity index (χ2n) is 7.62. The Balaban J connectivity index is 1.36. The van der Waals surface area contributed by atoms with Crippen LogP contribution in [0.25, 0.3) is 17.0 Å². The van der Waals surface area contributed by atoms with Gasteiger partial charge in [0.15, 0.2) is 11.5 Å². The Hall–Kier alpha value is -3.70. The first-order valence-electron chi connectivity index (χ1n) is 11.2. The summed E-state index contributed by atoms with van der Waals surface area (Å²) in [6, 6.07) is 17.1. The zero-order valence-electron chi connectivity index (χ0n) is 19.5. The van der Waals surface area contributed by atoms with Crippen LogP contribution in [0.2, 0.25) is 0 Å². The second-order valence-corrected chi connectivity index (χ2v) is 9.38. The summed E-state index contributed by atoms with van der Waals surface area (Å²) in [4.78, 5) is 0.160. The van der Waals surface area contributed by atoms with Gasteiger partial charge in [0, 0.05) is 18.2 Å². The van der Waals surface area contributed by atoms with Gasteiger partial charge in [-0.1, -0.05) is 25.5 Å². The quantitative estimate of drug-likeness (QED) is 0.296. The third-order valence-corrected chi connectivity index (χ3v) is 6.59. The summed E-state index contributed by atoms with van der Waals surface area (Å²) in [6.07, 6.45) is 1.98. The Bertz CT molecular complexity index is 1370. The van der Waals surface area contributed by atoms with Gasteiger partial charge in [0.25, 0.3) is 0 Å². The number of sulfonamides is 1. The fourth-order valence-corrected chi connectivity index (χ4v) is 4.27. The molecule has 0 aliphatic carbocycles. The Morgan fingerprint density at radius 1 is 0.943 bits per heavy atom. The molecule has 0 aliphatic heterocycles. The highest BCUT2D eigenvalue weighted by atomic mass is 32.2. The standard InChI is InChI=1S/C24H27N5O5S/c1-3-4-15-33-19-8-10-21(11-9-19)35(30,31)25-14-16-34-23-13-12-22-26-27-24(29(22)28-23)18-6-5-7-20(17-18)32-2/h5-13,17,25H,3-4,14-16H2,1-2H3. The predicted octanol–water partition coefficient (Wildman–Crippen LogP) is 3.34. The SMILES string of the molecule is CCCCOc1ccc(S(=O)(=O)NCCOc2ccc3nnc(-c4cccc(OC)c4)n3n2)cc1. The van der Waals surface area contributed by atoms with E-state index in [4.69, 9.17) is 14.2 Å². The van der Waals surface area contributed by atoms with Crippen molar-refractivity contribution in [1.29, 1.82) is 0 Å². The van der Waals surface area contributed by atoms with Gasteiger partial charge in [-0.25, -0.2) is 13.1 Å². The minimum atomic E-state index is -3.67. The zero-order valence-corrected chi connectivity index (χ0v) is 20.4. The molecule has 10 nitrogen and oxygen atoms in total. The number of methoxy groups -OCH3 is 1. The number of hydrogen-bond donors (Lipinski definition) is 1. The molecule has 184 valence electrons. The molecule has 4 aromatic rings. The molecule has 0 bridgehead atoms. The van der Waals surface area contributed by atoms with E-state index in [-0.39, 0.29) is 18.0 Å². The van der Waals surface area contributed by atoms with Gasteiger partial charge in [0.05, 0.1) is 18.6 Å². The van der Waals surface area contributed by atoms with E-state index in [0.29, 0.717) is 35.5 Å². The van der Waals surface area contributed by atoms with Gasteiger partial charge >= 0.3 is 0 Å². The number of unbranched alkanes of at least 4 members (excludes halogenated alkanes) is 1. The molecule has 35 heavy (non-hydrogen) atoms. The smallest absolute Gasteiger partial charge is 0.240 e. The van der Waals surface area contributed by atoms with Gasteiger partial charge in [-0.15, -0.1) is 15.3 Å². The Kier molecular flexibility index (Phi) is 7.78. The van der Waals surface area contributed by atoms with E-state index in [2.05, 4.69) is 26.9 Å². The first-order valence-corrected chi connectivity index (χ1v) is 12.7. The summed E-state index contributed by atoms with van der Waals surface area (Å²) in [6.45, 7) is 2.85. The summed E-state index contributed by atoms with van der Waals surface area (Å²) in [5, 5.41) is 12.8. The molecule has 2 aromatic carbocycles. The van der Waals surface area contributed by atoms with Crippen LogP contribution in [0.15, 0.2) is 65.6 Å². The van der Waals surface area contributed by atoms with Gasteiger partial charge in [-0.3, -0.25) is 0 Å². The van der Waals surface area contributed by atoms with Crippen molar-refractivity contribution in [2.24, 2.45) is 0 Å². The third kappa shape index (κ3) is 6.06. The highest BCUT2D eigenvalue weighted by Gasteiger charge is 2.14. The number of benzene rings is 2. The van der Waals surface area contributed by atoms with Crippen molar-refractivity contribution in [2.75, 3.05) is 26.9 Å². The molecule has 2 aromatic heterocycles. The average Bonchev–Trinajstić information content (AvgIpc) is 3.30. The summed E-state index contributed by atoms with van der Waals surface area (Å²) >= 11 is 0. The van der Waals surface area contributed by atoms with Crippen molar-refractivity contribution < 1.29 is 22.6 Å². The van der Waals surface area contributed by atoms with Gasteiger partial charge in [0.2, 0.25) is 15.9 Å². The molecule has 0 spiro atoms. The molecular weight excluding hydrogens is 470 g/mol. The van der Waals surface area contributed by atoms with Crippen molar-refractivity contribution in [2.45, 2.75) is 24.7 Å². The van der Waals surface area contributed by atoms with Gasteiger partial charge < -0.3 is 14.2 Å². The monoisotopic (exact) mass is 497 g/mol. The number of rotatable bonds is 12. The Morgan fingerprint density at radius 3 is 2.54 bits per heavy atom. The van der Waals surface area contributed by atoms with E-state index in [1.807, 2.05) is 24.3 Å². The molecule has 1 N–H and O–H groups in total. The molecule has 0 atom stereocenters. The molecule has 0 saturated heterocycles.